The third-order valence-corrected chi connectivity index (χ3v) is 9.45. The first-order valence-corrected chi connectivity index (χ1v) is 16.1. The van der Waals surface area contributed by atoms with Crippen molar-refractivity contribution >= 4 is 17.5 Å². The molecule has 2 N–H and O–H groups in total. The first-order chi connectivity index (χ1) is 20.4. The lowest BCUT2D eigenvalue weighted by molar-refractivity contribution is -0.0556. The molecule has 5 nitrogen and oxygen atoms in total. The summed E-state index contributed by atoms with van der Waals surface area (Å²) in [6.07, 6.45) is 6.16. The van der Waals surface area contributed by atoms with E-state index in [9.17, 15) is 9.90 Å². The van der Waals surface area contributed by atoms with Crippen LogP contribution in [0.1, 0.15) is 79.4 Å². The zero-order valence-electron chi connectivity index (χ0n) is 25.1. The maximum Gasteiger partial charge on any atom is 0.253 e. The Hall–Kier alpha value is -2.70. The van der Waals surface area contributed by atoms with Gasteiger partial charge in [0.05, 0.1) is 5.60 Å². The van der Waals surface area contributed by atoms with Crippen molar-refractivity contribution in [2.75, 3.05) is 26.3 Å². The van der Waals surface area contributed by atoms with Crippen LogP contribution in [0.2, 0.25) is 5.02 Å². The Morgan fingerprint density at radius 2 is 1.79 bits per heavy atom. The second-order valence-corrected chi connectivity index (χ2v) is 12.4. The zero-order chi connectivity index (χ0) is 29.5. The fraction of sp³-hybridized carbons (Fsp3) is 0.472. The molecule has 224 valence electrons. The fourth-order valence-corrected chi connectivity index (χ4v) is 7.01. The van der Waals surface area contributed by atoms with Crippen molar-refractivity contribution in [3.05, 3.63) is 94.0 Å². The van der Waals surface area contributed by atoms with Gasteiger partial charge in [-0.2, -0.15) is 0 Å². The molecule has 2 fully saturated rings. The number of aryl methyl sites for hydroxylation is 1. The van der Waals surface area contributed by atoms with Crippen molar-refractivity contribution in [3.63, 3.8) is 0 Å². The molecule has 2 heterocycles. The monoisotopic (exact) mass is 588 g/mol. The molecule has 2 unspecified atom stereocenters. The number of aliphatic hydroxyl groups is 1. The van der Waals surface area contributed by atoms with Gasteiger partial charge in [-0.3, -0.25) is 4.79 Å². The minimum absolute atomic E-state index is 0.0319. The van der Waals surface area contributed by atoms with E-state index in [-0.39, 0.29) is 11.8 Å². The van der Waals surface area contributed by atoms with Gasteiger partial charge < -0.3 is 20.1 Å². The topological polar surface area (TPSA) is 61.8 Å². The van der Waals surface area contributed by atoms with Gasteiger partial charge in [0.1, 0.15) is 0 Å². The zero-order valence-corrected chi connectivity index (χ0v) is 25.8. The number of hydrogen-bond donors (Lipinski definition) is 2. The molecule has 2 aliphatic heterocycles. The van der Waals surface area contributed by atoms with Crippen LogP contribution in [-0.4, -0.2) is 48.3 Å². The van der Waals surface area contributed by atoms with Gasteiger partial charge in [0.15, 0.2) is 0 Å². The highest BCUT2D eigenvalue weighted by Gasteiger charge is 2.42. The molecule has 0 aromatic heterocycles. The number of likely N-dealkylation sites (tertiary alicyclic amines) is 1. The van der Waals surface area contributed by atoms with Crippen molar-refractivity contribution in [3.8, 4) is 11.1 Å². The van der Waals surface area contributed by atoms with Crippen LogP contribution in [0, 0.1) is 5.92 Å². The first kappa shape index (κ1) is 30.7. The second-order valence-electron chi connectivity index (χ2n) is 11.9. The van der Waals surface area contributed by atoms with Crippen molar-refractivity contribution in [1.29, 1.82) is 0 Å². The molecule has 2 atom stereocenters. The number of piperidine rings is 1. The van der Waals surface area contributed by atoms with Crippen LogP contribution in [-0.2, 0) is 23.3 Å². The lowest BCUT2D eigenvalue weighted by Gasteiger charge is -2.43. The van der Waals surface area contributed by atoms with E-state index in [0.717, 1.165) is 75.0 Å². The van der Waals surface area contributed by atoms with Gasteiger partial charge in [0.25, 0.3) is 5.91 Å². The summed E-state index contributed by atoms with van der Waals surface area (Å²) >= 11 is 6.86. The number of carbonyl (C=O) groups is 1. The average molecular weight is 589 g/mol. The maximum atomic E-state index is 13.7. The number of hydrogen-bond acceptors (Lipinski definition) is 4. The number of halogens is 1. The van der Waals surface area contributed by atoms with Gasteiger partial charge in [0.2, 0.25) is 0 Å². The van der Waals surface area contributed by atoms with E-state index in [4.69, 9.17) is 16.3 Å². The van der Waals surface area contributed by atoms with Crippen LogP contribution in [0.25, 0.3) is 11.1 Å². The van der Waals surface area contributed by atoms with Crippen LogP contribution in [0.4, 0.5) is 0 Å². The maximum absolute atomic E-state index is 13.7. The molecule has 0 spiro atoms. The standard InChI is InChI=1S/C36H45ClN2O3/c1-3-19-36(41,32-11-6-12-33(37)34(32)29-9-5-8-26(4-2)23-29)30-10-7-20-39(25-30)35(40)28-15-13-27(14-16-28)24-38-31-17-21-42-22-18-31/h5-6,8-9,11-16,23,30-31,38,41H,3-4,7,10,17-22,24-25H2,1-2H3. The summed E-state index contributed by atoms with van der Waals surface area (Å²) in [4.78, 5) is 15.6. The molecule has 1 amide bonds. The molecular formula is C36H45ClN2O3. The number of nitrogens with zero attached hydrogens (tertiary/aromatic N) is 1. The average Bonchev–Trinajstić information content (AvgIpc) is 3.04. The normalized spacial score (nSPS) is 19.4. The predicted molar refractivity (Wildman–Crippen MR) is 171 cm³/mol. The third kappa shape index (κ3) is 6.92. The number of nitrogens with one attached hydrogen (secondary N) is 1. The highest BCUT2D eigenvalue weighted by molar-refractivity contribution is 6.33. The van der Waals surface area contributed by atoms with E-state index < -0.39 is 5.60 Å². The Bertz CT molecular complexity index is 1340. The Morgan fingerprint density at radius 1 is 1.02 bits per heavy atom. The summed E-state index contributed by atoms with van der Waals surface area (Å²) in [5.41, 5.74) is 4.80. The third-order valence-electron chi connectivity index (χ3n) is 9.14. The summed E-state index contributed by atoms with van der Waals surface area (Å²) in [7, 11) is 0. The Labute approximate surface area is 256 Å². The summed E-state index contributed by atoms with van der Waals surface area (Å²) in [5.74, 6) is -0.0610. The minimum Gasteiger partial charge on any atom is -0.385 e. The van der Waals surface area contributed by atoms with Gasteiger partial charge in [-0.15, -0.1) is 0 Å². The van der Waals surface area contributed by atoms with Crippen LogP contribution < -0.4 is 5.32 Å². The summed E-state index contributed by atoms with van der Waals surface area (Å²) in [6, 6.07) is 22.8. The Morgan fingerprint density at radius 3 is 2.52 bits per heavy atom. The summed E-state index contributed by atoms with van der Waals surface area (Å²) in [6.45, 7) is 7.90. The minimum atomic E-state index is -1.10. The molecule has 6 heteroatoms. The SMILES string of the molecule is CCCC(O)(c1cccc(Cl)c1-c1cccc(CC)c1)C1CCCN(C(=O)c2ccc(CNC3CCOCC3)cc2)C1. The van der Waals surface area contributed by atoms with E-state index in [1.807, 2.05) is 35.2 Å². The number of amides is 1. The Balaban J connectivity index is 1.35. The molecule has 2 saturated heterocycles. The smallest absolute Gasteiger partial charge is 0.253 e. The van der Waals surface area contributed by atoms with E-state index in [0.29, 0.717) is 36.1 Å². The highest BCUT2D eigenvalue weighted by Crippen LogP contribution is 2.45. The molecule has 5 rings (SSSR count). The van der Waals surface area contributed by atoms with Crippen LogP contribution >= 0.6 is 11.6 Å². The van der Waals surface area contributed by atoms with Gasteiger partial charge in [-0.25, -0.2) is 0 Å². The molecule has 0 aliphatic carbocycles. The highest BCUT2D eigenvalue weighted by atomic mass is 35.5. The van der Waals surface area contributed by atoms with Crippen LogP contribution in [0.15, 0.2) is 66.7 Å². The van der Waals surface area contributed by atoms with E-state index in [2.05, 4.69) is 55.6 Å². The van der Waals surface area contributed by atoms with Gasteiger partial charge in [-0.05, 0) is 79.0 Å². The molecular weight excluding hydrogens is 544 g/mol. The molecule has 0 bridgehead atoms. The van der Waals surface area contributed by atoms with Gasteiger partial charge in [0, 0.05) is 61.0 Å². The van der Waals surface area contributed by atoms with Crippen molar-refractivity contribution in [2.24, 2.45) is 5.92 Å². The van der Waals surface area contributed by atoms with Gasteiger partial charge >= 0.3 is 0 Å². The lowest BCUT2D eigenvalue weighted by atomic mass is 9.72. The fourth-order valence-electron chi connectivity index (χ4n) is 6.73. The Kier molecular flexibility index (Phi) is 10.4. The van der Waals surface area contributed by atoms with Crippen molar-refractivity contribution < 1.29 is 14.6 Å². The number of carbonyl (C=O) groups excluding carboxylic acids is 1. The largest absolute Gasteiger partial charge is 0.385 e. The van der Waals surface area contributed by atoms with E-state index >= 15 is 0 Å². The second kappa shape index (κ2) is 14.2. The quantitative estimate of drug-likeness (QED) is 0.259. The predicted octanol–water partition coefficient (Wildman–Crippen LogP) is 7.38. The molecule has 0 saturated carbocycles. The van der Waals surface area contributed by atoms with Crippen molar-refractivity contribution in [1.82, 2.24) is 10.2 Å². The lowest BCUT2D eigenvalue weighted by Crippen LogP contribution is -2.48. The molecule has 3 aromatic rings. The number of ether oxygens (including phenoxy) is 1. The van der Waals surface area contributed by atoms with E-state index in [1.54, 1.807) is 0 Å². The van der Waals surface area contributed by atoms with Crippen LogP contribution in [0.5, 0.6) is 0 Å². The summed E-state index contributed by atoms with van der Waals surface area (Å²) < 4.78 is 5.45. The molecule has 3 aromatic carbocycles. The van der Waals surface area contributed by atoms with Crippen LogP contribution in [0.3, 0.4) is 0 Å². The number of rotatable bonds is 10. The van der Waals surface area contributed by atoms with Crippen molar-refractivity contribution in [2.45, 2.75) is 77.0 Å². The molecule has 42 heavy (non-hydrogen) atoms. The number of benzene rings is 3. The first-order valence-electron chi connectivity index (χ1n) is 15.7. The van der Waals surface area contributed by atoms with Gasteiger partial charge in [-0.1, -0.05) is 80.4 Å². The van der Waals surface area contributed by atoms with E-state index in [1.165, 1.54) is 11.1 Å². The molecule has 2 aliphatic rings. The molecule has 0 radical (unpaired) electrons. The summed E-state index contributed by atoms with van der Waals surface area (Å²) in [5, 5.41) is 16.8.